The molecule has 1 unspecified atom stereocenters. The number of aliphatic imine (C=N–C) groups is 1. The first-order chi connectivity index (χ1) is 8.13. The number of nitrogens with two attached hydrogens (primary N) is 1. The number of guanidine groups is 1. The zero-order valence-corrected chi connectivity index (χ0v) is 11.4. The van der Waals surface area contributed by atoms with Crippen LogP contribution in [-0.2, 0) is 0 Å². The van der Waals surface area contributed by atoms with Crippen molar-refractivity contribution in [1.82, 2.24) is 15.6 Å². The van der Waals surface area contributed by atoms with Gasteiger partial charge >= 0.3 is 0 Å². The number of likely N-dealkylation sites (tertiary alicyclic amines) is 1. The summed E-state index contributed by atoms with van der Waals surface area (Å²) in [7, 11) is 2.19. The normalized spacial score (nSPS) is 22.9. The maximum absolute atomic E-state index is 5.45. The highest BCUT2D eigenvalue weighted by Gasteiger charge is 2.18. The van der Waals surface area contributed by atoms with Crippen molar-refractivity contribution >= 4 is 5.96 Å². The maximum atomic E-state index is 5.45. The lowest BCUT2D eigenvalue weighted by atomic mass is 10.0. The molecule has 17 heavy (non-hydrogen) atoms. The van der Waals surface area contributed by atoms with E-state index in [1.165, 1.54) is 25.8 Å². The van der Waals surface area contributed by atoms with Crippen LogP contribution in [0, 0.1) is 5.92 Å². The van der Waals surface area contributed by atoms with Crippen molar-refractivity contribution in [3.05, 3.63) is 0 Å². The molecule has 1 saturated heterocycles. The van der Waals surface area contributed by atoms with Crippen molar-refractivity contribution in [3.63, 3.8) is 0 Å². The molecule has 1 aliphatic heterocycles. The largest absolute Gasteiger partial charge is 0.354 e. The molecule has 1 atom stereocenters. The van der Waals surface area contributed by atoms with Crippen LogP contribution in [0.1, 0.15) is 33.1 Å². The van der Waals surface area contributed by atoms with Crippen LogP contribution in [0.2, 0.25) is 0 Å². The third kappa shape index (κ3) is 5.37. The molecule has 0 spiro atoms. The molecule has 0 radical (unpaired) electrons. The Morgan fingerprint density at radius 2 is 2.24 bits per heavy atom. The lowest BCUT2D eigenvalue weighted by Crippen LogP contribution is -2.49. The fraction of sp³-hybridized carbons (Fsp3) is 0.917. The Kier molecular flexibility index (Phi) is 6.29. The van der Waals surface area contributed by atoms with Crippen molar-refractivity contribution in [1.29, 1.82) is 0 Å². The quantitative estimate of drug-likeness (QED) is 0.291. The van der Waals surface area contributed by atoms with Crippen LogP contribution in [-0.4, -0.2) is 43.6 Å². The minimum absolute atomic E-state index is 0.553. The summed E-state index contributed by atoms with van der Waals surface area (Å²) in [5, 5.41) is 3.30. The lowest BCUT2D eigenvalue weighted by Gasteiger charge is -2.32. The molecule has 0 aromatic heterocycles. The first-order valence-electron chi connectivity index (χ1n) is 6.58. The van der Waals surface area contributed by atoms with E-state index in [1.54, 1.807) is 0 Å². The molecule has 0 aromatic rings. The second kappa shape index (κ2) is 7.50. The van der Waals surface area contributed by atoms with E-state index in [1.807, 2.05) is 0 Å². The van der Waals surface area contributed by atoms with Crippen LogP contribution < -0.4 is 16.6 Å². The summed E-state index contributed by atoms with van der Waals surface area (Å²) in [6.07, 6.45) is 3.90. The molecule has 0 aliphatic carbocycles. The number of piperidine rings is 1. The van der Waals surface area contributed by atoms with E-state index in [-0.39, 0.29) is 0 Å². The SMILES string of the molecule is CC(C)CN=C(NN)NCC1CCCCN1C. The Morgan fingerprint density at radius 3 is 2.82 bits per heavy atom. The highest BCUT2D eigenvalue weighted by Crippen LogP contribution is 2.13. The number of nitrogens with one attached hydrogen (secondary N) is 2. The second-order valence-corrected chi connectivity index (χ2v) is 5.24. The minimum atomic E-state index is 0.553. The third-order valence-corrected chi connectivity index (χ3v) is 3.18. The van der Waals surface area contributed by atoms with Gasteiger partial charge in [-0.1, -0.05) is 20.3 Å². The molecular formula is C12H27N5. The number of hydrazine groups is 1. The Balaban J connectivity index is 2.33. The standard InChI is InChI=1S/C12H27N5/c1-10(2)8-14-12(16-13)15-9-11-6-4-5-7-17(11)3/h10-11H,4-9,13H2,1-3H3,(H2,14,15,16). The molecule has 0 saturated carbocycles. The maximum Gasteiger partial charge on any atom is 0.205 e. The van der Waals surface area contributed by atoms with Crippen molar-refractivity contribution in [2.24, 2.45) is 16.8 Å². The molecule has 4 N–H and O–H groups in total. The summed E-state index contributed by atoms with van der Waals surface area (Å²) in [6, 6.07) is 0.598. The molecular weight excluding hydrogens is 214 g/mol. The zero-order valence-electron chi connectivity index (χ0n) is 11.4. The zero-order chi connectivity index (χ0) is 12.7. The smallest absolute Gasteiger partial charge is 0.205 e. The topological polar surface area (TPSA) is 65.7 Å². The average molecular weight is 241 g/mol. The van der Waals surface area contributed by atoms with E-state index in [4.69, 9.17) is 5.84 Å². The van der Waals surface area contributed by atoms with Gasteiger partial charge in [-0.25, -0.2) is 5.84 Å². The molecule has 1 heterocycles. The van der Waals surface area contributed by atoms with Crippen molar-refractivity contribution in [2.45, 2.75) is 39.2 Å². The van der Waals surface area contributed by atoms with E-state index in [0.29, 0.717) is 17.9 Å². The molecule has 5 heteroatoms. The van der Waals surface area contributed by atoms with Crippen molar-refractivity contribution in [2.75, 3.05) is 26.7 Å². The number of hydrogen-bond acceptors (Lipinski definition) is 3. The van der Waals surface area contributed by atoms with Gasteiger partial charge in [0.1, 0.15) is 0 Å². The van der Waals surface area contributed by atoms with Crippen LogP contribution in [0.15, 0.2) is 4.99 Å². The fourth-order valence-electron chi connectivity index (χ4n) is 2.04. The van der Waals surface area contributed by atoms with E-state index in [9.17, 15) is 0 Å². The Hall–Kier alpha value is -0.810. The van der Waals surface area contributed by atoms with E-state index in [0.717, 1.165) is 13.1 Å². The monoisotopic (exact) mass is 241 g/mol. The van der Waals surface area contributed by atoms with Crippen LogP contribution >= 0.6 is 0 Å². The summed E-state index contributed by atoms with van der Waals surface area (Å²) in [5.41, 5.74) is 2.63. The number of nitrogens with zero attached hydrogens (tertiary/aromatic N) is 2. The van der Waals surface area contributed by atoms with Gasteiger partial charge in [0.2, 0.25) is 5.96 Å². The van der Waals surface area contributed by atoms with Crippen LogP contribution in [0.25, 0.3) is 0 Å². The van der Waals surface area contributed by atoms with Gasteiger partial charge in [0.25, 0.3) is 0 Å². The molecule has 0 amide bonds. The Labute approximate surface area is 105 Å². The molecule has 0 aromatic carbocycles. The minimum Gasteiger partial charge on any atom is -0.354 e. The molecule has 1 aliphatic rings. The molecule has 0 bridgehead atoms. The predicted molar refractivity (Wildman–Crippen MR) is 72.7 cm³/mol. The van der Waals surface area contributed by atoms with E-state index in [2.05, 4.69) is 41.5 Å². The highest BCUT2D eigenvalue weighted by molar-refractivity contribution is 5.79. The van der Waals surface area contributed by atoms with Gasteiger partial charge in [0.15, 0.2) is 0 Å². The van der Waals surface area contributed by atoms with E-state index < -0.39 is 0 Å². The van der Waals surface area contributed by atoms with Gasteiger partial charge in [-0.15, -0.1) is 0 Å². The summed E-state index contributed by atoms with van der Waals surface area (Å²) >= 11 is 0. The van der Waals surface area contributed by atoms with Gasteiger partial charge in [0.05, 0.1) is 0 Å². The summed E-state index contributed by atoms with van der Waals surface area (Å²) in [5.74, 6) is 6.71. The van der Waals surface area contributed by atoms with E-state index >= 15 is 0 Å². The Morgan fingerprint density at radius 1 is 1.47 bits per heavy atom. The summed E-state index contributed by atoms with van der Waals surface area (Å²) in [4.78, 5) is 6.81. The van der Waals surface area contributed by atoms with Crippen molar-refractivity contribution < 1.29 is 0 Å². The molecule has 5 nitrogen and oxygen atoms in total. The Bertz CT molecular complexity index is 239. The number of hydrogen-bond donors (Lipinski definition) is 3. The molecule has 1 fully saturated rings. The van der Waals surface area contributed by atoms with Crippen molar-refractivity contribution in [3.8, 4) is 0 Å². The first-order valence-corrected chi connectivity index (χ1v) is 6.58. The van der Waals surface area contributed by atoms with Crippen LogP contribution in [0.4, 0.5) is 0 Å². The average Bonchev–Trinajstić information content (AvgIpc) is 2.31. The third-order valence-electron chi connectivity index (χ3n) is 3.18. The summed E-state index contributed by atoms with van der Waals surface area (Å²) in [6.45, 7) is 7.20. The van der Waals surface area contributed by atoms with Gasteiger partial charge in [-0.2, -0.15) is 0 Å². The highest BCUT2D eigenvalue weighted by atomic mass is 15.3. The molecule has 1 rings (SSSR count). The first kappa shape index (κ1) is 14.3. The van der Waals surface area contributed by atoms with Gasteiger partial charge in [0, 0.05) is 19.1 Å². The number of rotatable bonds is 4. The molecule has 100 valence electrons. The van der Waals surface area contributed by atoms with Gasteiger partial charge < -0.3 is 10.2 Å². The second-order valence-electron chi connectivity index (χ2n) is 5.24. The van der Waals surface area contributed by atoms with Crippen LogP contribution in [0.3, 0.4) is 0 Å². The lowest BCUT2D eigenvalue weighted by molar-refractivity contribution is 0.186. The predicted octanol–water partition coefficient (Wildman–Crippen LogP) is 0.536. The van der Waals surface area contributed by atoms with Crippen LogP contribution in [0.5, 0.6) is 0 Å². The fourth-order valence-corrected chi connectivity index (χ4v) is 2.04. The number of likely N-dealkylation sites (N-methyl/N-ethyl adjacent to an activating group) is 1. The van der Waals surface area contributed by atoms with Gasteiger partial charge in [-0.3, -0.25) is 10.4 Å². The summed E-state index contributed by atoms with van der Waals surface area (Å²) < 4.78 is 0. The van der Waals surface area contributed by atoms with Gasteiger partial charge in [-0.05, 0) is 32.4 Å².